The van der Waals surface area contributed by atoms with Crippen molar-refractivity contribution in [1.29, 1.82) is 0 Å². The number of aliphatic hydroxyl groups excluding tert-OH is 1. The van der Waals surface area contributed by atoms with Crippen molar-refractivity contribution in [2.24, 2.45) is 0 Å². The number of nitrogens with one attached hydrogen (secondary N) is 1. The Bertz CT molecular complexity index is 222. The number of halogens is 3. The van der Waals surface area contributed by atoms with Gasteiger partial charge in [0.15, 0.2) is 6.10 Å². The summed E-state index contributed by atoms with van der Waals surface area (Å²) in [7, 11) is 0. The van der Waals surface area contributed by atoms with Gasteiger partial charge in [0.1, 0.15) is 0 Å². The van der Waals surface area contributed by atoms with E-state index in [0.29, 0.717) is 0 Å². The van der Waals surface area contributed by atoms with E-state index in [-0.39, 0.29) is 6.04 Å². The Morgan fingerprint density at radius 3 is 2.38 bits per heavy atom. The SMILES string of the molecule is CC(C)=CCCC(C)NCC(O)C(F)(F)F. The summed E-state index contributed by atoms with van der Waals surface area (Å²) in [5, 5.41) is 11.4. The third-order valence-corrected chi connectivity index (χ3v) is 2.19. The molecular formula is C11H20F3NO. The monoisotopic (exact) mass is 239 g/mol. The Kier molecular flexibility index (Phi) is 6.67. The van der Waals surface area contributed by atoms with Crippen molar-refractivity contribution in [1.82, 2.24) is 5.32 Å². The van der Waals surface area contributed by atoms with Gasteiger partial charge in [0.2, 0.25) is 0 Å². The molecule has 0 aliphatic heterocycles. The van der Waals surface area contributed by atoms with Crippen LogP contribution in [0.15, 0.2) is 11.6 Å². The van der Waals surface area contributed by atoms with Gasteiger partial charge in [-0.1, -0.05) is 11.6 Å². The van der Waals surface area contributed by atoms with Gasteiger partial charge in [-0.3, -0.25) is 0 Å². The maximum atomic E-state index is 12.0. The highest BCUT2D eigenvalue weighted by atomic mass is 19.4. The van der Waals surface area contributed by atoms with Crippen LogP contribution in [0, 0.1) is 0 Å². The van der Waals surface area contributed by atoms with E-state index in [1.807, 2.05) is 26.8 Å². The summed E-state index contributed by atoms with van der Waals surface area (Å²) in [5.74, 6) is 0. The molecule has 0 amide bonds. The quantitative estimate of drug-likeness (QED) is 0.698. The number of hydrogen-bond acceptors (Lipinski definition) is 2. The van der Waals surface area contributed by atoms with Crippen LogP contribution in [0.2, 0.25) is 0 Å². The zero-order valence-corrected chi connectivity index (χ0v) is 9.93. The minimum atomic E-state index is -4.54. The van der Waals surface area contributed by atoms with Crippen LogP contribution in [0.1, 0.15) is 33.6 Å². The zero-order chi connectivity index (χ0) is 12.8. The standard InChI is InChI=1S/C11H20F3NO/c1-8(2)5-4-6-9(3)15-7-10(16)11(12,13)14/h5,9-10,15-16H,4,6-7H2,1-3H3. The summed E-state index contributed by atoms with van der Waals surface area (Å²) in [4.78, 5) is 0. The molecule has 0 radical (unpaired) electrons. The minimum absolute atomic E-state index is 0.0346. The summed E-state index contributed by atoms with van der Waals surface area (Å²) >= 11 is 0. The van der Waals surface area contributed by atoms with E-state index < -0.39 is 18.8 Å². The van der Waals surface area contributed by atoms with E-state index >= 15 is 0 Å². The Balaban J connectivity index is 3.73. The lowest BCUT2D eigenvalue weighted by Gasteiger charge is -2.18. The van der Waals surface area contributed by atoms with Crippen molar-refractivity contribution in [2.45, 2.75) is 51.9 Å². The highest BCUT2D eigenvalue weighted by Gasteiger charge is 2.37. The number of aliphatic hydroxyl groups is 1. The van der Waals surface area contributed by atoms with Crippen LogP contribution >= 0.6 is 0 Å². The Morgan fingerprint density at radius 2 is 1.94 bits per heavy atom. The fourth-order valence-electron chi connectivity index (χ4n) is 1.15. The third-order valence-electron chi connectivity index (χ3n) is 2.19. The maximum absolute atomic E-state index is 12.0. The molecule has 0 saturated heterocycles. The summed E-state index contributed by atoms with van der Waals surface area (Å²) in [5.41, 5.74) is 1.20. The molecule has 0 aliphatic rings. The van der Waals surface area contributed by atoms with Crippen LogP contribution in [0.5, 0.6) is 0 Å². The van der Waals surface area contributed by atoms with E-state index in [2.05, 4.69) is 5.32 Å². The first-order valence-electron chi connectivity index (χ1n) is 5.35. The first-order valence-corrected chi connectivity index (χ1v) is 5.35. The van der Waals surface area contributed by atoms with E-state index in [1.54, 1.807) is 0 Å². The van der Waals surface area contributed by atoms with Crippen LogP contribution in [-0.4, -0.2) is 30.0 Å². The summed E-state index contributed by atoms with van der Waals surface area (Å²) in [6, 6.07) is -0.0346. The molecule has 0 aromatic heterocycles. The average Bonchev–Trinajstić information content (AvgIpc) is 2.11. The van der Waals surface area contributed by atoms with Crippen molar-refractivity contribution in [3.63, 3.8) is 0 Å². The number of alkyl halides is 3. The zero-order valence-electron chi connectivity index (χ0n) is 9.93. The molecule has 0 saturated carbocycles. The Hall–Kier alpha value is -0.550. The maximum Gasteiger partial charge on any atom is 0.415 e. The van der Waals surface area contributed by atoms with Crippen LogP contribution < -0.4 is 5.32 Å². The van der Waals surface area contributed by atoms with Gasteiger partial charge in [0, 0.05) is 12.6 Å². The molecule has 0 bridgehead atoms. The molecule has 0 rings (SSSR count). The minimum Gasteiger partial charge on any atom is -0.382 e. The predicted molar refractivity (Wildman–Crippen MR) is 58.2 cm³/mol. The van der Waals surface area contributed by atoms with E-state index in [4.69, 9.17) is 5.11 Å². The summed E-state index contributed by atoms with van der Waals surface area (Å²) in [6.07, 6.45) is -3.18. The van der Waals surface area contributed by atoms with Gasteiger partial charge in [-0.05, 0) is 33.6 Å². The Labute approximate surface area is 94.5 Å². The van der Waals surface area contributed by atoms with Crippen LogP contribution in [0.3, 0.4) is 0 Å². The number of hydrogen-bond donors (Lipinski definition) is 2. The highest BCUT2D eigenvalue weighted by molar-refractivity contribution is 4.93. The van der Waals surface area contributed by atoms with Gasteiger partial charge in [0.25, 0.3) is 0 Å². The van der Waals surface area contributed by atoms with Crippen molar-refractivity contribution in [2.75, 3.05) is 6.54 Å². The lowest BCUT2D eigenvalue weighted by Crippen LogP contribution is -2.41. The molecule has 0 aromatic rings. The predicted octanol–water partition coefficient (Wildman–Crippen LogP) is 2.63. The van der Waals surface area contributed by atoms with Gasteiger partial charge in [-0.2, -0.15) is 13.2 Å². The molecule has 5 heteroatoms. The molecule has 0 heterocycles. The van der Waals surface area contributed by atoms with Gasteiger partial charge in [-0.25, -0.2) is 0 Å². The molecule has 96 valence electrons. The topological polar surface area (TPSA) is 32.3 Å². The molecule has 2 N–H and O–H groups in total. The highest BCUT2D eigenvalue weighted by Crippen LogP contribution is 2.19. The van der Waals surface area contributed by atoms with E-state index in [1.165, 1.54) is 5.57 Å². The van der Waals surface area contributed by atoms with Gasteiger partial charge in [0.05, 0.1) is 0 Å². The lowest BCUT2D eigenvalue weighted by molar-refractivity contribution is -0.202. The number of rotatable bonds is 6. The lowest BCUT2D eigenvalue weighted by atomic mass is 10.1. The largest absolute Gasteiger partial charge is 0.415 e. The smallest absolute Gasteiger partial charge is 0.382 e. The van der Waals surface area contributed by atoms with E-state index in [0.717, 1.165) is 12.8 Å². The first kappa shape index (κ1) is 15.4. The molecule has 16 heavy (non-hydrogen) atoms. The summed E-state index contributed by atoms with van der Waals surface area (Å²) < 4.78 is 35.9. The second-order valence-electron chi connectivity index (χ2n) is 4.23. The van der Waals surface area contributed by atoms with Gasteiger partial charge >= 0.3 is 6.18 Å². The molecule has 2 atom stereocenters. The molecule has 0 spiro atoms. The van der Waals surface area contributed by atoms with Crippen molar-refractivity contribution in [3.8, 4) is 0 Å². The van der Waals surface area contributed by atoms with E-state index in [9.17, 15) is 13.2 Å². The number of allylic oxidation sites excluding steroid dienone is 2. The molecule has 2 unspecified atom stereocenters. The Morgan fingerprint density at radius 1 is 1.38 bits per heavy atom. The van der Waals surface area contributed by atoms with Crippen molar-refractivity contribution in [3.05, 3.63) is 11.6 Å². The van der Waals surface area contributed by atoms with Crippen molar-refractivity contribution < 1.29 is 18.3 Å². The second kappa shape index (κ2) is 6.91. The van der Waals surface area contributed by atoms with Gasteiger partial charge in [-0.15, -0.1) is 0 Å². The normalized spacial score (nSPS) is 15.7. The summed E-state index contributed by atoms with van der Waals surface area (Å²) in [6.45, 7) is 5.32. The fourth-order valence-corrected chi connectivity index (χ4v) is 1.15. The fraction of sp³-hybridized carbons (Fsp3) is 0.818. The third kappa shape index (κ3) is 7.70. The molecule has 0 aliphatic carbocycles. The second-order valence-corrected chi connectivity index (χ2v) is 4.23. The van der Waals surface area contributed by atoms with Crippen LogP contribution in [-0.2, 0) is 0 Å². The van der Waals surface area contributed by atoms with Crippen molar-refractivity contribution >= 4 is 0 Å². The van der Waals surface area contributed by atoms with Gasteiger partial charge < -0.3 is 10.4 Å². The molecular weight excluding hydrogens is 219 g/mol. The molecule has 2 nitrogen and oxygen atoms in total. The average molecular weight is 239 g/mol. The van der Waals surface area contributed by atoms with Crippen LogP contribution in [0.4, 0.5) is 13.2 Å². The van der Waals surface area contributed by atoms with Crippen LogP contribution in [0.25, 0.3) is 0 Å². The molecule has 0 fully saturated rings. The molecule has 0 aromatic carbocycles. The first-order chi connectivity index (χ1) is 7.23.